The maximum absolute atomic E-state index is 11.5. The number of hydrogen-bond acceptors (Lipinski definition) is 3. The standard InChI is InChI=1S/C9H12N2O2S2/c1-6-5-7(9(10)14)3-4-8(6)15(12,13)11-2/h3-5,11H,1-2H3,(H2,10,14). The van der Waals surface area contributed by atoms with Crippen molar-refractivity contribution in [2.45, 2.75) is 11.8 Å². The van der Waals surface area contributed by atoms with Gasteiger partial charge in [-0.25, -0.2) is 13.1 Å². The summed E-state index contributed by atoms with van der Waals surface area (Å²) in [7, 11) is -2.03. The van der Waals surface area contributed by atoms with Crippen LogP contribution in [0, 0.1) is 6.92 Å². The van der Waals surface area contributed by atoms with E-state index in [1.165, 1.54) is 13.1 Å². The van der Waals surface area contributed by atoms with Gasteiger partial charge in [-0.05, 0) is 31.7 Å². The van der Waals surface area contributed by atoms with Crippen LogP contribution in [-0.2, 0) is 10.0 Å². The summed E-state index contributed by atoms with van der Waals surface area (Å²) in [5.41, 5.74) is 6.73. The maximum atomic E-state index is 11.5. The normalized spacial score (nSPS) is 11.3. The summed E-state index contributed by atoms with van der Waals surface area (Å²) >= 11 is 4.80. The minimum atomic E-state index is -3.41. The molecule has 3 N–H and O–H groups in total. The average molecular weight is 244 g/mol. The van der Waals surface area contributed by atoms with Crippen LogP contribution >= 0.6 is 12.2 Å². The molecule has 4 nitrogen and oxygen atoms in total. The fourth-order valence-electron chi connectivity index (χ4n) is 1.21. The molecule has 0 amide bonds. The zero-order valence-corrected chi connectivity index (χ0v) is 10.1. The third kappa shape index (κ3) is 2.53. The molecule has 1 rings (SSSR count). The second kappa shape index (κ2) is 4.26. The number of nitrogens with one attached hydrogen (secondary N) is 1. The van der Waals surface area contributed by atoms with Crippen LogP contribution < -0.4 is 10.5 Å². The van der Waals surface area contributed by atoms with E-state index in [1.807, 2.05) is 0 Å². The van der Waals surface area contributed by atoms with Gasteiger partial charge in [0, 0.05) is 5.56 Å². The Kier molecular flexibility index (Phi) is 3.43. The number of thiocarbonyl (C=S) groups is 1. The first-order chi connectivity index (χ1) is 6.88. The summed E-state index contributed by atoms with van der Waals surface area (Å²) in [5.74, 6) is 0. The predicted octanol–water partition coefficient (Wildman–Crippen LogP) is 0.537. The van der Waals surface area contributed by atoms with E-state index in [0.717, 1.165) is 0 Å². The molecule has 0 aliphatic carbocycles. The molecule has 0 spiro atoms. The highest BCUT2D eigenvalue weighted by Gasteiger charge is 2.14. The number of nitrogens with two attached hydrogens (primary N) is 1. The number of rotatable bonds is 3. The van der Waals surface area contributed by atoms with Gasteiger partial charge in [0.2, 0.25) is 10.0 Å². The zero-order chi connectivity index (χ0) is 11.6. The van der Waals surface area contributed by atoms with Gasteiger partial charge in [-0.1, -0.05) is 18.3 Å². The minimum Gasteiger partial charge on any atom is -0.389 e. The highest BCUT2D eigenvalue weighted by atomic mass is 32.2. The molecule has 0 aliphatic rings. The molecular formula is C9H12N2O2S2. The molecular weight excluding hydrogens is 232 g/mol. The third-order valence-electron chi connectivity index (χ3n) is 2.02. The van der Waals surface area contributed by atoms with Crippen molar-refractivity contribution in [3.8, 4) is 0 Å². The number of hydrogen-bond donors (Lipinski definition) is 2. The molecule has 0 unspecified atom stereocenters. The Morgan fingerprint density at radius 2 is 2.07 bits per heavy atom. The summed E-state index contributed by atoms with van der Waals surface area (Å²) in [6, 6.07) is 4.75. The molecule has 15 heavy (non-hydrogen) atoms. The molecule has 0 saturated heterocycles. The molecule has 0 fully saturated rings. The van der Waals surface area contributed by atoms with Crippen LogP contribution in [0.3, 0.4) is 0 Å². The van der Waals surface area contributed by atoms with Gasteiger partial charge < -0.3 is 5.73 Å². The van der Waals surface area contributed by atoms with Gasteiger partial charge in [0.1, 0.15) is 4.99 Å². The first-order valence-corrected chi connectivity index (χ1v) is 6.11. The molecule has 0 heterocycles. The predicted molar refractivity (Wildman–Crippen MR) is 63.3 cm³/mol. The molecule has 0 aliphatic heterocycles. The number of benzene rings is 1. The lowest BCUT2D eigenvalue weighted by Gasteiger charge is -2.07. The van der Waals surface area contributed by atoms with Crippen LogP contribution in [0.25, 0.3) is 0 Å². The molecule has 6 heteroatoms. The van der Waals surface area contributed by atoms with Gasteiger partial charge in [-0.2, -0.15) is 0 Å². The highest BCUT2D eigenvalue weighted by molar-refractivity contribution is 7.89. The fourth-order valence-corrected chi connectivity index (χ4v) is 2.29. The molecule has 82 valence electrons. The van der Waals surface area contributed by atoms with E-state index in [1.54, 1.807) is 19.1 Å². The molecule has 1 aromatic carbocycles. The van der Waals surface area contributed by atoms with E-state index in [-0.39, 0.29) is 9.88 Å². The highest BCUT2D eigenvalue weighted by Crippen LogP contribution is 2.16. The van der Waals surface area contributed by atoms with Crippen molar-refractivity contribution in [1.29, 1.82) is 0 Å². The lowest BCUT2D eigenvalue weighted by molar-refractivity contribution is 0.587. The largest absolute Gasteiger partial charge is 0.389 e. The Hall–Kier alpha value is -0.980. The van der Waals surface area contributed by atoms with Crippen LogP contribution in [0.1, 0.15) is 11.1 Å². The van der Waals surface area contributed by atoms with Crippen molar-refractivity contribution in [3.63, 3.8) is 0 Å². The topological polar surface area (TPSA) is 72.2 Å². The van der Waals surface area contributed by atoms with E-state index in [0.29, 0.717) is 11.1 Å². The molecule has 0 atom stereocenters. The molecule has 1 aromatic rings. The fraction of sp³-hybridized carbons (Fsp3) is 0.222. The summed E-state index contributed by atoms with van der Waals surface area (Å²) in [6.45, 7) is 1.70. The van der Waals surface area contributed by atoms with E-state index in [2.05, 4.69) is 4.72 Å². The Bertz CT molecular complexity index is 495. The first kappa shape index (κ1) is 12.1. The number of sulfonamides is 1. The van der Waals surface area contributed by atoms with Gasteiger partial charge >= 0.3 is 0 Å². The lowest BCUT2D eigenvalue weighted by atomic mass is 10.1. The summed E-state index contributed by atoms with van der Waals surface area (Å²) in [4.78, 5) is 0.497. The third-order valence-corrected chi connectivity index (χ3v) is 3.83. The van der Waals surface area contributed by atoms with Crippen molar-refractivity contribution >= 4 is 27.2 Å². The summed E-state index contributed by atoms with van der Waals surface area (Å²) in [5, 5.41) is 0. The smallest absolute Gasteiger partial charge is 0.240 e. The van der Waals surface area contributed by atoms with Crippen LogP contribution in [0.4, 0.5) is 0 Å². The summed E-state index contributed by atoms with van der Waals surface area (Å²) < 4.78 is 25.3. The molecule has 0 saturated carbocycles. The van der Waals surface area contributed by atoms with Gasteiger partial charge in [0.15, 0.2) is 0 Å². The Labute approximate surface area is 94.5 Å². The second-order valence-corrected chi connectivity index (χ2v) is 5.35. The summed E-state index contributed by atoms with van der Waals surface area (Å²) in [6.07, 6.45) is 0. The van der Waals surface area contributed by atoms with Crippen LogP contribution in [0.5, 0.6) is 0 Å². The van der Waals surface area contributed by atoms with Crippen molar-refractivity contribution in [3.05, 3.63) is 29.3 Å². The van der Waals surface area contributed by atoms with Crippen LogP contribution in [-0.4, -0.2) is 20.5 Å². The van der Waals surface area contributed by atoms with Gasteiger partial charge in [-0.3, -0.25) is 0 Å². The SMILES string of the molecule is CNS(=O)(=O)c1ccc(C(N)=S)cc1C. The maximum Gasteiger partial charge on any atom is 0.240 e. The number of aryl methyl sites for hydroxylation is 1. The minimum absolute atomic E-state index is 0.241. The van der Waals surface area contributed by atoms with E-state index in [4.69, 9.17) is 18.0 Å². The Morgan fingerprint density at radius 3 is 2.47 bits per heavy atom. The molecule has 0 aromatic heterocycles. The Balaban J connectivity index is 3.32. The van der Waals surface area contributed by atoms with E-state index in [9.17, 15) is 8.42 Å². The lowest BCUT2D eigenvalue weighted by Crippen LogP contribution is -2.20. The Morgan fingerprint density at radius 1 is 1.47 bits per heavy atom. The van der Waals surface area contributed by atoms with Crippen molar-refractivity contribution < 1.29 is 8.42 Å². The van der Waals surface area contributed by atoms with E-state index < -0.39 is 10.0 Å². The van der Waals surface area contributed by atoms with Crippen molar-refractivity contribution in [1.82, 2.24) is 4.72 Å². The van der Waals surface area contributed by atoms with Crippen LogP contribution in [0.15, 0.2) is 23.1 Å². The monoisotopic (exact) mass is 244 g/mol. The van der Waals surface area contributed by atoms with E-state index >= 15 is 0 Å². The van der Waals surface area contributed by atoms with Crippen molar-refractivity contribution in [2.75, 3.05) is 7.05 Å². The zero-order valence-electron chi connectivity index (χ0n) is 8.44. The second-order valence-electron chi connectivity index (χ2n) is 3.05. The average Bonchev–Trinajstić information content (AvgIpc) is 2.17. The van der Waals surface area contributed by atoms with Gasteiger partial charge in [0.05, 0.1) is 4.90 Å². The van der Waals surface area contributed by atoms with Gasteiger partial charge in [-0.15, -0.1) is 0 Å². The van der Waals surface area contributed by atoms with Crippen molar-refractivity contribution in [2.24, 2.45) is 5.73 Å². The quantitative estimate of drug-likeness (QED) is 0.761. The molecule has 0 bridgehead atoms. The van der Waals surface area contributed by atoms with Gasteiger partial charge in [0.25, 0.3) is 0 Å². The van der Waals surface area contributed by atoms with Crippen LogP contribution in [0.2, 0.25) is 0 Å². The molecule has 0 radical (unpaired) electrons. The first-order valence-electron chi connectivity index (χ1n) is 4.22.